The summed E-state index contributed by atoms with van der Waals surface area (Å²) in [5.41, 5.74) is 7.54. The standard InChI is InChI=1S/C19H29N3O2.ClH/c1-19(2,3)15-8-6-14(7-9-15)18(24)21-11-10-17(23)22-16(12-20)13-4-5-13;/h6-9,13,16H,4-5,10-12,20H2,1-3H3,(H,21,24)(H,22,23);1H. The highest BCUT2D eigenvalue weighted by molar-refractivity contribution is 5.94. The third-order valence-electron chi connectivity index (χ3n) is 4.44. The Kier molecular flexibility index (Phi) is 7.90. The fraction of sp³-hybridized carbons (Fsp3) is 0.579. The molecule has 0 radical (unpaired) electrons. The largest absolute Gasteiger partial charge is 0.352 e. The minimum absolute atomic E-state index is 0. The normalized spacial score (nSPS) is 15.0. The van der Waals surface area contributed by atoms with Crippen LogP contribution >= 0.6 is 12.4 Å². The molecule has 1 saturated carbocycles. The lowest BCUT2D eigenvalue weighted by atomic mass is 9.87. The van der Waals surface area contributed by atoms with Crippen LogP contribution in [0.2, 0.25) is 0 Å². The molecule has 0 heterocycles. The number of hydrogen-bond acceptors (Lipinski definition) is 3. The van der Waals surface area contributed by atoms with Crippen molar-refractivity contribution in [3.05, 3.63) is 35.4 Å². The molecule has 25 heavy (non-hydrogen) atoms. The molecule has 2 amide bonds. The summed E-state index contributed by atoms with van der Waals surface area (Å²) in [6, 6.07) is 7.69. The average molecular weight is 368 g/mol. The van der Waals surface area contributed by atoms with E-state index in [1.807, 2.05) is 24.3 Å². The molecule has 1 aliphatic carbocycles. The number of rotatable bonds is 7. The van der Waals surface area contributed by atoms with Crippen LogP contribution in [0.3, 0.4) is 0 Å². The fourth-order valence-electron chi connectivity index (χ4n) is 2.66. The molecule has 140 valence electrons. The van der Waals surface area contributed by atoms with Crippen LogP contribution in [0.5, 0.6) is 0 Å². The van der Waals surface area contributed by atoms with Crippen LogP contribution in [0.25, 0.3) is 0 Å². The molecule has 1 atom stereocenters. The molecular formula is C19H30ClN3O2. The number of hydrogen-bond donors (Lipinski definition) is 3. The summed E-state index contributed by atoms with van der Waals surface area (Å²) < 4.78 is 0. The van der Waals surface area contributed by atoms with E-state index in [0.29, 0.717) is 24.6 Å². The Labute approximate surface area is 156 Å². The Bertz CT molecular complexity index is 577. The number of carbonyl (C=O) groups excluding carboxylic acids is 2. The van der Waals surface area contributed by atoms with Crippen molar-refractivity contribution in [2.75, 3.05) is 13.1 Å². The number of benzene rings is 1. The van der Waals surface area contributed by atoms with Gasteiger partial charge in [-0.2, -0.15) is 0 Å². The first kappa shape index (κ1) is 21.5. The first-order chi connectivity index (χ1) is 11.3. The second kappa shape index (κ2) is 9.20. The van der Waals surface area contributed by atoms with Crippen molar-refractivity contribution in [3.8, 4) is 0 Å². The average Bonchev–Trinajstić information content (AvgIpc) is 3.36. The van der Waals surface area contributed by atoms with E-state index in [9.17, 15) is 9.59 Å². The zero-order valence-corrected chi connectivity index (χ0v) is 16.1. The van der Waals surface area contributed by atoms with Gasteiger partial charge in [-0.3, -0.25) is 9.59 Å². The molecular weight excluding hydrogens is 338 g/mol. The zero-order valence-electron chi connectivity index (χ0n) is 15.3. The van der Waals surface area contributed by atoms with Gasteiger partial charge in [-0.25, -0.2) is 0 Å². The van der Waals surface area contributed by atoms with Crippen molar-refractivity contribution < 1.29 is 9.59 Å². The summed E-state index contributed by atoms with van der Waals surface area (Å²) >= 11 is 0. The van der Waals surface area contributed by atoms with Gasteiger partial charge >= 0.3 is 0 Å². The van der Waals surface area contributed by atoms with Gasteiger partial charge in [-0.05, 0) is 41.9 Å². The molecule has 0 aromatic heterocycles. The molecule has 2 rings (SSSR count). The van der Waals surface area contributed by atoms with E-state index in [-0.39, 0.29) is 42.1 Å². The molecule has 4 N–H and O–H groups in total. The van der Waals surface area contributed by atoms with Gasteiger partial charge in [0.1, 0.15) is 0 Å². The van der Waals surface area contributed by atoms with E-state index in [1.54, 1.807) is 0 Å². The third kappa shape index (κ3) is 6.67. The van der Waals surface area contributed by atoms with Gasteiger partial charge in [0.05, 0.1) is 0 Å². The third-order valence-corrected chi connectivity index (χ3v) is 4.44. The predicted octanol–water partition coefficient (Wildman–Crippen LogP) is 2.38. The summed E-state index contributed by atoms with van der Waals surface area (Å²) in [5, 5.41) is 5.74. The number of nitrogens with one attached hydrogen (secondary N) is 2. The fourth-order valence-corrected chi connectivity index (χ4v) is 2.66. The first-order valence-corrected chi connectivity index (χ1v) is 8.69. The molecule has 1 aromatic rings. The topological polar surface area (TPSA) is 84.2 Å². The number of amides is 2. The summed E-state index contributed by atoms with van der Waals surface area (Å²) in [6.45, 7) is 7.21. The maximum atomic E-state index is 12.1. The molecule has 1 unspecified atom stereocenters. The molecule has 0 saturated heterocycles. The molecule has 6 heteroatoms. The Morgan fingerprint density at radius 2 is 1.80 bits per heavy atom. The van der Waals surface area contributed by atoms with Gasteiger partial charge < -0.3 is 16.4 Å². The minimum Gasteiger partial charge on any atom is -0.352 e. The van der Waals surface area contributed by atoms with Gasteiger partial charge in [-0.1, -0.05) is 32.9 Å². The molecule has 5 nitrogen and oxygen atoms in total. The summed E-state index contributed by atoms with van der Waals surface area (Å²) in [4.78, 5) is 24.0. The molecule has 0 spiro atoms. The van der Waals surface area contributed by atoms with E-state index in [0.717, 1.165) is 12.8 Å². The van der Waals surface area contributed by atoms with Gasteiger partial charge in [0.15, 0.2) is 0 Å². The monoisotopic (exact) mass is 367 g/mol. The lowest BCUT2D eigenvalue weighted by molar-refractivity contribution is -0.121. The van der Waals surface area contributed by atoms with Crippen LogP contribution in [0, 0.1) is 5.92 Å². The highest BCUT2D eigenvalue weighted by Gasteiger charge is 2.31. The van der Waals surface area contributed by atoms with Crippen molar-refractivity contribution >= 4 is 24.2 Å². The second-order valence-corrected chi connectivity index (χ2v) is 7.58. The van der Waals surface area contributed by atoms with Crippen molar-refractivity contribution in [2.24, 2.45) is 11.7 Å². The molecule has 1 aromatic carbocycles. The van der Waals surface area contributed by atoms with E-state index < -0.39 is 0 Å². The van der Waals surface area contributed by atoms with E-state index in [2.05, 4.69) is 31.4 Å². The van der Waals surface area contributed by atoms with Gasteiger partial charge in [0.2, 0.25) is 5.91 Å². The van der Waals surface area contributed by atoms with Crippen LogP contribution in [0.4, 0.5) is 0 Å². The van der Waals surface area contributed by atoms with Gasteiger partial charge in [-0.15, -0.1) is 12.4 Å². The van der Waals surface area contributed by atoms with Gasteiger partial charge in [0, 0.05) is 31.1 Å². The predicted molar refractivity (Wildman–Crippen MR) is 103 cm³/mol. The lowest BCUT2D eigenvalue weighted by Crippen LogP contribution is -2.42. The van der Waals surface area contributed by atoms with Gasteiger partial charge in [0.25, 0.3) is 5.91 Å². The van der Waals surface area contributed by atoms with Crippen molar-refractivity contribution in [1.29, 1.82) is 0 Å². The first-order valence-electron chi connectivity index (χ1n) is 8.69. The number of nitrogens with two attached hydrogens (primary N) is 1. The molecule has 0 aliphatic heterocycles. The second-order valence-electron chi connectivity index (χ2n) is 7.58. The van der Waals surface area contributed by atoms with Crippen LogP contribution < -0.4 is 16.4 Å². The van der Waals surface area contributed by atoms with E-state index in [1.165, 1.54) is 5.56 Å². The van der Waals surface area contributed by atoms with Crippen LogP contribution in [-0.4, -0.2) is 30.9 Å². The minimum atomic E-state index is -0.152. The number of halogens is 1. The van der Waals surface area contributed by atoms with E-state index in [4.69, 9.17) is 5.73 Å². The molecule has 1 aliphatic rings. The maximum Gasteiger partial charge on any atom is 0.251 e. The summed E-state index contributed by atoms with van der Waals surface area (Å²) in [7, 11) is 0. The number of carbonyl (C=O) groups is 2. The van der Waals surface area contributed by atoms with Crippen molar-refractivity contribution in [2.45, 2.75) is 51.5 Å². The lowest BCUT2D eigenvalue weighted by Gasteiger charge is -2.19. The Balaban J connectivity index is 0.00000312. The quantitative estimate of drug-likeness (QED) is 0.691. The molecule has 1 fully saturated rings. The SMILES string of the molecule is CC(C)(C)c1ccc(C(=O)NCCC(=O)NC(CN)C2CC2)cc1.Cl. The summed E-state index contributed by atoms with van der Waals surface area (Å²) in [6.07, 6.45) is 2.56. The highest BCUT2D eigenvalue weighted by atomic mass is 35.5. The van der Waals surface area contributed by atoms with Crippen molar-refractivity contribution in [3.63, 3.8) is 0 Å². The maximum absolute atomic E-state index is 12.1. The summed E-state index contributed by atoms with van der Waals surface area (Å²) in [5.74, 6) is 0.330. The molecule has 0 bridgehead atoms. The van der Waals surface area contributed by atoms with Crippen molar-refractivity contribution in [1.82, 2.24) is 10.6 Å². The zero-order chi connectivity index (χ0) is 17.7. The van der Waals surface area contributed by atoms with Crippen LogP contribution in [0.1, 0.15) is 56.0 Å². The van der Waals surface area contributed by atoms with E-state index >= 15 is 0 Å². The smallest absolute Gasteiger partial charge is 0.251 e. The van der Waals surface area contributed by atoms with Crippen LogP contribution in [0.15, 0.2) is 24.3 Å². The Hall–Kier alpha value is -1.59. The van der Waals surface area contributed by atoms with Crippen LogP contribution in [-0.2, 0) is 10.2 Å². The Morgan fingerprint density at radius 1 is 1.20 bits per heavy atom. The Morgan fingerprint density at radius 3 is 2.28 bits per heavy atom. The highest BCUT2D eigenvalue weighted by Crippen LogP contribution is 2.32.